The second-order valence-corrected chi connectivity index (χ2v) is 5.33. The smallest absolute Gasteiger partial charge is 0.341 e. The van der Waals surface area contributed by atoms with Crippen LogP contribution >= 0.6 is 0 Å². The Labute approximate surface area is 118 Å². The number of nitrogens with one attached hydrogen (secondary N) is 1. The standard InChI is InChI=1S/C15H19NO4/c1-15(2,3)16-13(17)8-7-11-5-4-6-12(9-11)20-10-14(18)19/h4-9H,10H2,1-3H3,(H,16,17)(H,18,19)/b8-7-. The van der Waals surface area contributed by atoms with Crippen LogP contribution in [0.4, 0.5) is 0 Å². The van der Waals surface area contributed by atoms with Crippen molar-refractivity contribution >= 4 is 18.0 Å². The van der Waals surface area contributed by atoms with E-state index in [1.54, 1.807) is 30.3 Å². The maximum absolute atomic E-state index is 11.6. The summed E-state index contributed by atoms with van der Waals surface area (Å²) in [6, 6.07) is 6.87. The lowest BCUT2D eigenvalue weighted by Gasteiger charge is -2.18. The lowest BCUT2D eigenvalue weighted by atomic mass is 10.1. The number of amides is 1. The van der Waals surface area contributed by atoms with Crippen LogP contribution in [0.5, 0.6) is 5.75 Å². The highest BCUT2D eigenvalue weighted by Crippen LogP contribution is 2.14. The number of rotatable bonds is 5. The summed E-state index contributed by atoms with van der Waals surface area (Å²) in [5.41, 5.74) is 0.477. The number of benzene rings is 1. The predicted molar refractivity (Wildman–Crippen MR) is 76.5 cm³/mol. The normalized spacial score (nSPS) is 11.3. The molecule has 0 atom stereocenters. The first-order valence-corrected chi connectivity index (χ1v) is 6.21. The number of hydrogen-bond acceptors (Lipinski definition) is 3. The molecule has 2 N–H and O–H groups in total. The Morgan fingerprint density at radius 2 is 2.05 bits per heavy atom. The van der Waals surface area contributed by atoms with E-state index in [-0.39, 0.29) is 11.4 Å². The van der Waals surface area contributed by atoms with E-state index >= 15 is 0 Å². The molecule has 0 fully saturated rings. The number of aliphatic carboxylic acids is 1. The minimum atomic E-state index is -1.03. The van der Waals surface area contributed by atoms with Gasteiger partial charge in [-0.1, -0.05) is 12.1 Å². The number of carboxylic acids is 1. The maximum atomic E-state index is 11.6. The fourth-order valence-electron chi connectivity index (χ4n) is 1.44. The molecule has 1 amide bonds. The Morgan fingerprint density at radius 1 is 1.35 bits per heavy atom. The minimum absolute atomic E-state index is 0.186. The first kappa shape index (κ1) is 15.8. The van der Waals surface area contributed by atoms with Gasteiger partial charge in [-0.3, -0.25) is 4.79 Å². The molecule has 0 unspecified atom stereocenters. The van der Waals surface area contributed by atoms with Gasteiger partial charge in [-0.2, -0.15) is 0 Å². The molecule has 0 aliphatic carbocycles. The third-order valence-electron chi connectivity index (χ3n) is 2.15. The zero-order chi connectivity index (χ0) is 15.2. The van der Waals surface area contributed by atoms with Crippen molar-refractivity contribution in [1.82, 2.24) is 5.32 Å². The molecule has 0 bridgehead atoms. The highest BCUT2D eigenvalue weighted by molar-refractivity contribution is 5.92. The largest absolute Gasteiger partial charge is 0.482 e. The minimum Gasteiger partial charge on any atom is -0.482 e. The van der Waals surface area contributed by atoms with E-state index in [4.69, 9.17) is 9.84 Å². The topological polar surface area (TPSA) is 75.6 Å². The van der Waals surface area contributed by atoms with Gasteiger partial charge in [0.05, 0.1) is 0 Å². The van der Waals surface area contributed by atoms with E-state index in [1.165, 1.54) is 6.08 Å². The Kier molecular flexibility index (Phi) is 5.32. The van der Waals surface area contributed by atoms with Gasteiger partial charge in [0.15, 0.2) is 6.61 Å². The zero-order valence-electron chi connectivity index (χ0n) is 11.8. The van der Waals surface area contributed by atoms with Crippen LogP contribution in [-0.4, -0.2) is 29.1 Å². The maximum Gasteiger partial charge on any atom is 0.341 e. The van der Waals surface area contributed by atoms with E-state index in [1.807, 2.05) is 20.8 Å². The van der Waals surface area contributed by atoms with Gasteiger partial charge < -0.3 is 15.2 Å². The van der Waals surface area contributed by atoms with E-state index in [2.05, 4.69) is 5.32 Å². The molecule has 0 aliphatic rings. The Balaban J connectivity index is 2.66. The van der Waals surface area contributed by atoms with Gasteiger partial charge in [0, 0.05) is 11.6 Å². The average molecular weight is 277 g/mol. The van der Waals surface area contributed by atoms with Crippen molar-refractivity contribution in [3.63, 3.8) is 0 Å². The van der Waals surface area contributed by atoms with Crippen molar-refractivity contribution < 1.29 is 19.4 Å². The molecule has 20 heavy (non-hydrogen) atoms. The van der Waals surface area contributed by atoms with E-state index in [9.17, 15) is 9.59 Å². The third-order valence-corrected chi connectivity index (χ3v) is 2.15. The van der Waals surface area contributed by atoms with Crippen LogP contribution in [0, 0.1) is 0 Å². The Hall–Kier alpha value is -2.30. The number of ether oxygens (including phenoxy) is 1. The molecule has 1 aromatic rings. The highest BCUT2D eigenvalue weighted by atomic mass is 16.5. The first-order chi connectivity index (χ1) is 9.26. The molecule has 1 aromatic carbocycles. The van der Waals surface area contributed by atoms with E-state index in [0.29, 0.717) is 5.75 Å². The summed E-state index contributed by atoms with van der Waals surface area (Å²) < 4.78 is 5.06. The second-order valence-electron chi connectivity index (χ2n) is 5.33. The van der Waals surface area contributed by atoms with E-state index in [0.717, 1.165) is 5.56 Å². The molecule has 0 saturated carbocycles. The van der Waals surface area contributed by atoms with Crippen LogP contribution in [0.1, 0.15) is 26.3 Å². The van der Waals surface area contributed by atoms with Gasteiger partial charge >= 0.3 is 5.97 Å². The van der Waals surface area contributed by atoms with Gasteiger partial charge in [-0.15, -0.1) is 0 Å². The quantitative estimate of drug-likeness (QED) is 0.808. The second kappa shape index (κ2) is 6.75. The molecule has 0 heterocycles. The fraction of sp³-hybridized carbons (Fsp3) is 0.333. The van der Waals surface area contributed by atoms with Crippen LogP contribution in [0.25, 0.3) is 6.08 Å². The summed E-state index contributed by atoms with van der Waals surface area (Å²) in [5, 5.41) is 11.3. The lowest BCUT2D eigenvalue weighted by molar-refractivity contribution is -0.139. The molecule has 5 heteroatoms. The molecule has 0 aromatic heterocycles. The molecule has 0 spiro atoms. The summed E-state index contributed by atoms with van der Waals surface area (Å²) >= 11 is 0. The van der Waals surface area contributed by atoms with Gasteiger partial charge in [-0.25, -0.2) is 4.79 Å². The van der Waals surface area contributed by atoms with Gasteiger partial charge in [0.25, 0.3) is 0 Å². The lowest BCUT2D eigenvalue weighted by Crippen LogP contribution is -2.39. The van der Waals surface area contributed by atoms with Gasteiger partial charge in [0.1, 0.15) is 5.75 Å². The zero-order valence-corrected chi connectivity index (χ0v) is 11.8. The van der Waals surface area contributed by atoms with Crippen LogP contribution in [0.2, 0.25) is 0 Å². The van der Waals surface area contributed by atoms with Crippen molar-refractivity contribution in [2.24, 2.45) is 0 Å². The van der Waals surface area contributed by atoms with Crippen molar-refractivity contribution in [1.29, 1.82) is 0 Å². The van der Waals surface area contributed by atoms with Crippen molar-refractivity contribution in [2.45, 2.75) is 26.3 Å². The molecule has 108 valence electrons. The average Bonchev–Trinajstić information content (AvgIpc) is 2.32. The van der Waals surface area contributed by atoms with Crippen LogP contribution < -0.4 is 10.1 Å². The molecule has 0 aliphatic heterocycles. The molecule has 0 radical (unpaired) electrons. The first-order valence-electron chi connectivity index (χ1n) is 6.21. The SMILES string of the molecule is CC(C)(C)NC(=O)/C=C\c1cccc(OCC(=O)O)c1. The number of carbonyl (C=O) groups excluding carboxylic acids is 1. The number of hydrogen-bond donors (Lipinski definition) is 2. The highest BCUT2D eigenvalue weighted by Gasteiger charge is 2.11. The van der Waals surface area contributed by atoms with Crippen molar-refractivity contribution in [2.75, 3.05) is 6.61 Å². The summed E-state index contributed by atoms with van der Waals surface area (Å²) in [6.45, 7) is 5.31. The summed E-state index contributed by atoms with van der Waals surface area (Å²) in [6.07, 6.45) is 3.08. The summed E-state index contributed by atoms with van der Waals surface area (Å²) in [7, 11) is 0. The van der Waals surface area contributed by atoms with E-state index < -0.39 is 12.6 Å². The molecular weight excluding hydrogens is 258 g/mol. The monoisotopic (exact) mass is 277 g/mol. The van der Waals surface area contributed by atoms with Crippen LogP contribution in [-0.2, 0) is 9.59 Å². The molecule has 5 nitrogen and oxygen atoms in total. The van der Waals surface area contributed by atoms with Gasteiger partial charge in [0.2, 0.25) is 5.91 Å². The molecule has 1 rings (SSSR count). The number of carboxylic acid groups (broad SMARTS) is 1. The molecular formula is C15H19NO4. The third kappa shape index (κ3) is 6.58. The Morgan fingerprint density at radius 3 is 2.65 bits per heavy atom. The Bertz CT molecular complexity index is 515. The van der Waals surface area contributed by atoms with Gasteiger partial charge in [-0.05, 0) is 44.5 Å². The van der Waals surface area contributed by atoms with Crippen molar-refractivity contribution in [3.8, 4) is 5.75 Å². The predicted octanol–water partition coefficient (Wildman–Crippen LogP) is 2.08. The summed E-state index contributed by atoms with van der Waals surface area (Å²) in [5.74, 6) is -0.768. The van der Waals surface area contributed by atoms with Crippen molar-refractivity contribution in [3.05, 3.63) is 35.9 Å². The fourth-order valence-corrected chi connectivity index (χ4v) is 1.44. The number of carbonyl (C=O) groups is 2. The van der Waals surface area contributed by atoms with Crippen LogP contribution in [0.15, 0.2) is 30.3 Å². The summed E-state index contributed by atoms with van der Waals surface area (Å²) in [4.78, 5) is 22.0. The van der Waals surface area contributed by atoms with Crippen LogP contribution in [0.3, 0.4) is 0 Å². The molecule has 0 saturated heterocycles.